The molecule has 1 aromatic carbocycles. The molecule has 0 aliphatic rings. The molecule has 0 aliphatic carbocycles. The average Bonchev–Trinajstić information content (AvgIpc) is 2.56. The van der Waals surface area contributed by atoms with Gasteiger partial charge in [-0.05, 0) is 38.2 Å². The maximum Gasteiger partial charge on any atom is 0.251 e. The van der Waals surface area contributed by atoms with Crippen LogP contribution in [0.3, 0.4) is 0 Å². The summed E-state index contributed by atoms with van der Waals surface area (Å²) in [5.41, 5.74) is 1.84. The Bertz CT molecular complexity index is 613. The summed E-state index contributed by atoms with van der Waals surface area (Å²) in [6.07, 6.45) is 2.48. The molecule has 1 heterocycles. The number of hydrogen-bond donors (Lipinski definition) is 2. The van der Waals surface area contributed by atoms with Crippen molar-refractivity contribution in [2.24, 2.45) is 0 Å². The maximum absolute atomic E-state index is 12.2. The van der Waals surface area contributed by atoms with Crippen LogP contribution < -0.4 is 10.6 Å². The van der Waals surface area contributed by atoms with Gasteiger partial charge in [-0.15, -0.1) is 0 Å². The molecule has 0 fully saturated rings. The minimum atomic E-state index is -0.0704. The number of amides is 1. The predicted octanol–water partition coefficient (Wildman–Crippen LogP) is 2.03. The Labute approximate surface area is 137 Å². The molecule has 0 saturated carbocycles. The molecular weight excluding hydrogens is 288 g/mol. The van der Waals surface area contributed by atoms with E-state index < -0.39 is 0 Å². The zero-order valence-corrected chi connectivity index (χ0v) is 13.7. The van der Waals surface area contributed by atoms with Gasteiger partial charge in [-0.1, -0.05) is 30.3 Å². The van der Waals surface area contributed by atoms with E-state index in [1.807, 2.05) is 32.3 Å². The lowest BCUT2D eigenvalue weighted by Crippen LogP contribution is -2.26. The molecule has 0 unspecified atom stereocenters. The van der Waals surface area contributed by atoms with E-state index >= 15 is 0 Å². The van der Waals surface area contributed by atoms with Crippen LogP contribution in [0.2, 0.25) is 0 Å². The second kappa shape index (κ2) is 8.90. The van der Waals surface area contributed by atoms with Crippen molar-refractivity contribution in [3.05, 3.63) is 59.8 Å². The Morgan fingerprint density at radius 1 is 1.13 bits per heavy atom. The largest absolute Gasteiger partial charge is 0.369 e. The van der Waals surface area contributed by atoms with E-state index in [0.717, 1.165) is 25.3 Å². The van der Waals surface area contributed by atoms with E-state index in [-0.39, 0.29) is 5.91 Å². The zero-order valence-electron chi connectivity index (χ0n) is 13.7. The zero-order chi connectivity index (χ0) is 16.5. The maximum atomic E-state index is 12.2. The van der Waals surface area contributed by atoms with Crippen molar-refractivity contribution in [2.45, 2.75) is 6.42 Å². The fourth-order valence-electron chi connectivity index (χ4n) is 2.14. The number of rotatable bonds is 8. The quantitative estimate of drug-likeness (QED) is 0.783. The summed E-state index contributed by atoms with van der Waals surface area (Å²) in [5.74, 6) is 0.654. The Morgan fingerprint density at radius 3 is 2.65 bits per heavy atom. The number of aromatic nitrogens is 1. The minimum Gasteiger partial charge on any atom is -0.369 e. The van der Waals surface area contributed by atoms with Crippen molar-refractivity contribution in [3.8, 4) is 0 Å². The summed E-state index contributed by atoms with van der Waals surface area (Å²) in [4.78, 5) is 18.5. The van der Waals surface area contributed by atoms with Gasteiger partial charge in [0.15, 0.2) is 0 Å². The van der Waals surface area contributed by atoms with Crippen LogP contribution >= 0.6 is 0 Å². The Hall–Kier alpha value is -2.40. The Balaban J connectivity index is 1.82. The number of carbonyl (C=O) groups excluding carboxylic acids is 1. The number of hydrogen-bond acceptors (Lipinski definition) is 4. The van der Waals surface area contributed by atoms with Crippen LogP contribution in [0.5, 0.6) is 0 Å². The van der Waals surface area contributed by atoms with Crippen molar-refractivity contribution >= 4 is 11.7 Å². The van der Waals surface area contributed by atoms with E-state index in [4.69, 9.17) is 0 Å². The van der Waals surface area contributed by atoms with Gasteiger partial charge in [0, 0.05) is 31.4 Å². The molecule has 0 aliphatic heterocycles. The molecule has 2 rings (SSSR count). The number of carbonyl (C=O) groups is 1. The summed E-state index contributed by atoms with van der Waals surface area (Å²) in [6.45, 7) is 2.32. The van der Waals surface area contributed by atoms with Crippen molar-refractivity contribution in [3.63, 3.8) is 0 Å². The highest BCUT2D eigenvalue weighted by Gasteiger charge is 2.06. The van der Waals surface area contributed by atoms with Gasteiger partial charge in [0.2, 0.25) is 0 Å². The first-order chi connectivity index (χ1) is 11.1. The second-order valence-corrected chi connectivity index (χ2v) is 5.65. The molecular formula is C18H24N4O. The number of pyridine rings is 1. The molecule has 122 valence electrons. The van der Waals surface area contributed by atoms with Crippen LogP contribution in [0.4, 0.5) is 5.82 Å². The van der Waals surface area contributed by atoms with Gasteiger partial charge in [-0.3, -0.25) is 4.79 Å². The SMILES string of the molecule is CN(C)CCNc1cc(C(=O)NCCc2ccccc2)ccn1. The average molecular weight is 312 g/mol. The highest BCUT2D eigenvalue weighted by atomic mass is 16.1. The van der Waals surface area contributed by atoms with E-state index in [0.29, 0.717) is 12.1 Å². The minimum absolute atomic E-state index is 0.0704. The van der Waals surface area contributed by atoms with E-state index in [9.17, 15) is 4.79 Å². The summed E-state index contributed by atoms with van der Waals surface area (Å²) in [5, 5.41) is 6.17. The summed E-state index contributed by atoms with van der Waals surface area (Å²) in [7, 11) is 4.04. The van der Waals surface area contributed by atoms with Crippen LogP contribution in [-0.2, 0) is 6.42 Å². The molecule has 23 heavy (non-hydrogen) atoms. The van der Waals surface area contributed by atoms with E-state index in [1.165, 1.54) is 5.56 Å². The van der Waals surface area contributed by atoms with Crippen molar-refractivity contribution in [2.75, 3.05) is 39.0 Å². The highest BCUT2D eigenvalue weighted by molar-refractivity contribution is 5.94. The fourth-order valence-corrected chi connectivity index (χ4v) is 2.14. The normalized spacial score (nSPS) is 10.6. The van der Waals surface area contributed by atoms with E-state index in [1.54, 1.807) is 18.3 Å². The van der Waals surface area contributed by atoms with Crippen LogP contribution in [0.1, 0.15) is 15.9 Å². The summed E-state index contributed by atoms with van der Waals surface area (Å²) < 4.78 is 0. The molecule has 0 spiro atoms. The van der Waals surface area contributed by atoms with Crippen LogP contribution in [0.15, 0.2) is 48.7 Å². The number of nitrogens with one attached hydrogen (secondary N) is 2. The number of likely N-dealkylation sites (N-methyl/N-ethyl adjacent to an activating group) is 1. The standard InChI is InChI=1S/C18H24N4O/c1-22(2)13-12-20-17-14-16(9-11-19-17)18(23)21-10-8-15-6-4-3-5-7-15/h3-7,9,11,14H,8,10,12-13H2,1-2H3,(H,19,20)(H,21,23). The molecule has 1 aromatic heterocycles. The molecule has 2 N–H and O–H groups in total. The summed E-state index contributed by atoms with van der Waals surface area (Å²) >= 11 is 0. The Kier molecular flexibility index (Phi) is 6.56. The van der Waals surface area contributed by atoms with Crippen LogP contribution in [0, 0.1) is 0 Å². The fraction of sp³-hybridized carbons (Fsp3) is 0.333. The monoisotopic (exact) mass is 312 g/mol. The number of anilines is 1. The van der Waals surface area contributed by atoms with Gasteiger partial charge >= 0.3 is 0 Å². The van der Waals surface area contributed by atoms with Gasteiger partial charge in [-0.2, -0.15) is 0 Å². The Morgan fingerprint density at radius 2 is 1.91 bits per heavy atom. The predicted molar refractivity (Wildman–Crippen MR) is 93.8 cm³/mol. The molecule has 5 heteroatoms. The smallest absolute Gasteiger partial charge is 0.251 e. The van der Waals surface area contributed by atoms with Crippen LogP contribution in [0.25, 0.3) is 0 Å². The molecule has 2 aromatic rings. The third kappa shape index (κ3) is 6.08. The molecule has 1 amide bonds. The molecule has 0 bridgehead atoms. The third-order valence-corrected chi connectivity index (χ3v) is 3.43. The van der Waals surface area contributed by atoms with Gasteiger partial charge in [-0.25, -0.2) is 4.98 Å². The van der Waals surface area contributed by atoms with Gasteiger partial charge in [0.05, 0.1) is 0 Å². The van der Waals surface area contributed by atoms with Crippen LogP contribution in [-0.4, -0.2) is 49.5 Å². The highest BCUT2D eigenvalue weighted by Crippen LogP contribution is 2.07. The first kappa shape index (κ1) is 17.0. The molecule has 0 atom stereocenters. The summed E-state index contributed by atoms with van der Waals surface area (Å²) in [6, 6.07) is 13.6. The van der Waals surface area contributed by atoms with Gasteiger partial charge in [0.1, 0.15) is 5.82 Å². The van der Waals surface area contributed by atoms with E-state index in [2.05, 4.69) is 32.7 Å². The van der Waals surface area contributed by atoms with Crippen molar-refractivity contribution in [1.82, 2.24) is 15.2 Å². The topological polar surface area (TPSA) is 57.3 Å². The number of nitrogens with zero attached hydrogens (tertiary/aromatic N) is 2. The second-order valence-electron chi connectivity index (χ2n) is 5.65. The van der Waals surface area contributed by atoms with Crippen molar-refractivity contribution < 1.29 is 4.79 Å². The third-order valence-electron chi connectivity index (χ3n) is 3.43. The lowest BCUT2D eigenvalue weighted by Gasteiger charge is -2.11. The first-order valence-electron chi connectivity index (χ1n) is 7.82. The van der Waals surface area contributed by atoms with Gasteiger partial charge in [0.25, 0.3) is 5.91 Å². The first-order valence-corrected chi connectivity index (χ1v) is 7.82. The molecule has 0 radical (unpaired) electrons. The van der Waals surface area contributed by atoms with Gasteiger partial charge < -0.3 is 15.5 Å². The number of benzene rings is 1. The lowest BCUT2D eigenvalue weighted by molar-refractivity contribution is 0.0954. The molecule has 0 saturated heterocycles. The lowest BCUT2D eigenvalue weighted by atomic mass is 10.1. The van der Waals surface area contributed by atoms with Crippen molar-refractivity contribution in [1.29, 1.82) is 0 Å². The molecule has 5 nitrogen and oxygen atoms in total.